The van der Waals surface area contributed by atoms with Gasteiger partial charge in [0.05, 0.1) is 0 Å². The van der Waals surface area contributed by atoms with Gasteiger partial charge < -0.3 is 4.90 Å². The molecule has 4 heterocycles. The highest BCUT2D eigenvalue weighted by Crippen LogP contribution is 2.32. The van der Waals surface area contributed by atoms with Gasteiger partial charge in [0.25, 0.3) is 0 Å². The van der Waals surface area contributed by atoms with Gasteiger partial charge in [0.1, 0.15) is 17.5 Å². The Labute approximate surface area is 172 Å². The summed E-state index contributed by atoms with van der Waals surface area (Å²) in [5, 5.41) is 0. The highest BCUT2D eigenvalue weighted by molar-refractivity contribution is 5.94. The van der Waals surface area contributed by atoms with Crippen LogP contribution in [-0.2, 0) is 17.8 Å². The number of amides is 1. The van der Waals surface area contributed by atoms with Crippen molar-refractivity contribution in [2.75, 3.05) is 44.0 Å². The molecular formula is C22H30N6O. The normalized spacial score (nSPS) is 18.1. The lowest BCUT2D eigenvalue weighted by molar-refractivity contribution is -0.118. The fraction of sp³-hybridized carbons (Fsp3) is 0.545. The van der Waals surface area contributed by atoms with Crippen LogP contribution in [0.15, 0.2) is 18.3 Å². The second kappa shape index (κ2) is 8.06. The van der Waals surface area contributed by atoms with Crippen molar-refractivity contribution in [3.05, 3.63) is 41.0 Å². The molecule has 0 radical (unpaired) electrons. The number of hydrogen-bond donors (Lipinski definition) is 0. The van der Waals surface area contributed by atoms with Crippen molar-refractivity contribution < 1.29 is 4.79 Å². The van der Waals surface area contributed by atoms with Gasteiger partial charge in [-0.25, -0.2) is 15.0 Å². The Morgan fingerprint density at radius 3 is 2.66 bits per heavy atom. The Morgan fingerprint density at radius 1 is 1.17 bits per heavy atom. The summed E-state index contributed by atoms with van der Waals surface area (Å²) < 4.78 is 0. The van der Waals surface area contributed by atoms with E-state index in [0.717, 1.165) is 67.6 Å². The third kappa shape index (κ3) is 3.96. The SMILES string of the molecule is Cc1nc(C2CCN(Cc3cccnc3N(C)C)CC2)nc2c1CCC(=O)N2C. The highest BCUT2D eigenvalue weighted by Gasteiger charge is 2.29. The van der Waals surface area contributed by atoms with Crippen molar-refractivity contribution in [2.45, 2.75) is 45.1 Å². The Bertz CT molecular complexity index is 904. The summed E-state index contributed by atoms with van der Waals surface area (Å²) in [5.41, 5.74) is 3.41. The van der Waals surface area contributed by atoms with Gasteiger partial charge in [0, 0.05) is 63.0 Å². The molecule has 1 saturated heterocycles. The second-order valence-corrected chi connectivity index (χ2v) is 8.35. The van der Waals surface area contributed by atoms with Crippen LogP contribution >= 0.6 is 0 Å². The number of piperidine rings is 1. The summed E-state index contributed by atoms with van der Waals surface area (Å²) >= 11 is 0. The van der Waals surface area contributed by atoms with Crippen LogP contribution in [0.5, 0.6) is 0 Å². The van der Waals surface area contributed by atoms with Gasteiger partial charge in [-0.1, -0.05) is 6.07 Å². The predicted molar refractivity (Wildman–Crippen MR) is 114 cm³/mol. The third-order valence-electron chi connectivity index (χ3n) is 6.13. The van der Waals surface area contributed by atoms with Crippen molar-refractivity contribution >= 4 is 17.5 Å². The minimum absolute atomic E-state index is 0.143. The number of carbonyl (C=O) groups excluding carboxylic acids is 1. The summed E-state index contributed by atoms with van der Waals surface area (Å²) in [4.78, 5) is 32.5. The maximum absolute atomic E-state index is 12.1. The molecule has 2 aliphatic rings. The predicted octanol–water partition coefficient (Wildman–Crippen LogP) is 2.53. The van der Waals surface area contributed by atoms with E-state index in [1.807, 2.05) is 40.3 Å². The number of pyridine rings is 1. The highest BCUT2D eigenvalue weighted by atomic mass is 16.2. The zero-order valence-corrected chi connectivity index (χ0v) is 17.9. The summed E-state index contributed by atoms with van der Waals surface area (Å²) in [5.74, 6) is 3.25. The van der Waals surface area contributed by atoms with Crippen LogP contribution in [0.4, 0.5) is 11.6 Å². The lowest BCUT2D eigenvalue weighted by Gasteiger charge is -2.33. The fourth-order valence-electron chi connectivity index (χ4n) is 4.42. The van der Waals surface area contributed by atoms with E-state index in [-0.39, 0.29) is 5.91 Å². The number of carbonyl (C=O) groups is 1. The summed E-state index contributed by atoms with van der Waals surface area (Å²) in [7, 11) is 5.90. The summed E-state index contributed by atoms with van der Waals surface area (Å²) in [6.07, 6.45) is 5.22. The van der Waals surface area contributed by atoms with Crippen LogP contribution in [0.25, 0.3) is 0 Å². The van der Waals surface area contributed by atoms with E-state index in [4.69, 9.17) is 9.97 Å². The quantitative estimate of drug-likeness (QED) is 0.794. The number of likely N-dealkylation sites (tertiary alicyclic amines) is 1. The van der Waals surface area contributed by atoms with Crippen molar-refractivity contribution in [3.63, 3.8) is 0 Å². The number of aromatic nitrogens is 3. The molecule has 0 aliphatic carbocycles. The van der Waals surface area contributed by atoms with Gasteiger partial charge in [-0.15, -0.1) is 0 Å². The largest absolute Gasteiger partial charge is 0.362 e. The van der Waals surface area contributed by atoms with Gasteiger partial charge >= 0.3 is 0 Å². The lowest BCUT2D eigenvalue weighted by atomic mass is 9.94. The standard InChI is InChI=1S/C22H30N6O/c1-15-18-7-8-19(29)27(4)22(18)25-20(24-15)16-9-12-28(13-10-16)14-17-6-5-11-23-21(17)26(2)3/h5-6,11,16H,7-10,12-14H2,1-4H3. The molecule has 4 rings (SSSR count). The molecule has 0 saturated carbocycles. The molecule has 2 aromatic heterocycles. The number of hydrogen-bond acceptors (Lipinski definition) is 6. The average molecular weight is 395 g/mol. The van der Waals surface area contributed by atoms with Crippen LogP contribution in [0.1, 0.15) is 47.8 Å². The van der Waals surface area contributed by atoms with E-state index in [1.165, 1.54) is 5.56 Å². The zero-order chi connectivity index (χ0) is 20.5. The molecule has 2 aliphatic heterocycles. The first-order valence-corrected chi connectivity index (χ1v) is 10.4. The van der Waals surface area contributed by atoms with E-state index in [0.29, 0.717) is 12.3 Å². The molecule has 7 heteroatoms. The molecule has 0 bridgehead atoms. The van der Waals surface area contributed by atoms with Crippen LogP contribution in [0.3, 0.4) is 0 Å². The first-order valence-electron chi connectivity index (χ1n) is 10.4. The van der Waals surface area contributed by atoms with E-state index >= 15 is 0 Å². The molecule has 154 valence electrons. The van der Waals surface area contributed by atoms with Gasteiger partial charge in [-0.05, 0) is 45.3 Å². The molecule has 0 aromatic carbocycles. The van der Waals surface area contributed by atoms with Crippen LogP contribution in [0, 0.1) is 6.92 Å². The Kier molecular flexibility index (Phi) is 5.50. The Balaban J connectivity index is 1.45. The molecule has 0 spiro atoms. The van der Waals surface area contributed by atoms with E-state index in [1.54, 1.807) is 4.90 Å². The molecule has 29 heavy (non-hydrogen) atoms. The van der Waals surface area contributed by atoms with E-state index in [2.05, 4.69) is 20.9 Å². The number of fused-ring (bicyclic) bond motifs is 1. The van der Waals surface area contributed by atoms with Gasteiger partial charge in [-0.3, -0.25) is 14.6 Å². The average Bonchev–Trinajstić information content (AvgIpc) is 2.71. The van der Waals surface area contributed by atoms with Crippen LogP contribution < -0.4 is 9.80 Å². The smallest absolute Gasteiger partial charge is 0.228 e. The van der Waals surface area contributed by atoms with Crippen molar-refractivity contribution in [2.24, 2.45) is 0 Å². The topological polar surface area (TPSA) is 65.5 Å². The fourth-order valence-corrected chi connectivity index (χ4v) is 4.42. The van der Waals surface area contributed by atoms with E-state index in [9.17, 15) is 4.79 Å². The minimum atomic E-state index is 0.143. The molecule has 0 N–H and O–H groups in total. The first-order chi connectivity index (χ1) is 13.9. The van der Waals surface area contributed by atoms with Crippen molar-refractivity contribution in [1.82, 2.24) is 19.9 Å². The summed E-state index contributed by atoms with van der Waals surface area (Å²) in [6, 6.07) is 4.17. The minimum Gasteiger partial charge on any atom is -0.362 e. The Hall–Kier alpha value is -2.54. The maximum Gasteiger partial charge on any atom is 0.228 e. The van der Waals surface area contributed by atoms with Crippen LogP contribution in [-0.4, -0.2) is 60.0 Å². The first kappa shape index (κ1) is 19.8. The lowest BCUT2D eigenvalue weighted by Crippen LogP contribution is -2.35. The van der Waals surface area contributed by atoms with Crippen molar-refractivity contribution in [3.8, 4) is 0 Å². The van der Waals surface area contributed by atoms with Gasteiger partial charge in [0.15, 0.2) is 0 Å². The van der Waals surface area contributed by atoms with Crippen molar-refractivity contribution in [1.29, 1.82) is 0 Å². The molecular weight excluding hydrogens is 364 g/mol. The Morgan fingerprint density at radius 2 is 1.93 bits per heavy atom. The summed E-state index contributed by atoms with van der Waals surface area (Å²) in [6.45, 7) is 4.99. The maximum atomic E-state index is 12.1. The van der Waals surface area contributed by atoms with Gasteiger partial charge in [-0.2, -0.15) is 0 Å². The molecule has 1 fully saturated rings. The van der Waals surface area contributed by atoms with E-state index < -0.39 is 0 Å². The molecule has 2 aromatic rings. The third-order valence-corrected chi connectivity index (χ3v) is 6.13. The number of anilines is 2. The molecule has 1 amide bonds. The molecule has 0 atom stereocenters. The zero-order valence-electron chi connectivity index (χ0n) is 17.9. The number of rotatable bonds is 4. The van der Waals surface area contributed by atoms with Crippen LogP contribution in [0.2, 0.25) is 0 Å². The second-order valence-electron chi connectivity index (χ2n) is 8.35. The molecule has 0 unspecified atom stereocenters. The number of aryl methyl sites for hydroxylation is 1. The molecule has 7 nitrogen and oxygen atoms in total. The monoisotopic (exact) mass is 394 g/mol. The van der Waals surface area contributed by atoms with Gasteiger partial charge in [0.2, 0.25) is 5.91 Å². The number of nitrogens with zero attached hydrogens (tertiary/aromatic N) is 6.